The Morgan fingerprint density at radius 2 is 2.06 bits per heavy atom. The van der Waals surface area contributed by atoms with Crippen molar-refractivity contribution in [1.82, 2.24) is 5.32 Å². The van der Waals surface area contributed by atoms with Crippen LogP contribution in [0.4, 0.5) is 5.69 Å². The summed E-state index contributed by atoms with van der Waals surface area (Å²) < 4.78 is 0.708. The number of aliphatic hydroxyl groups is 1. The molecule has 0 saturated carbocycles. The van der Waals surface area contributed by atoms with Gasteiger partial charge in [-0.1, -0.05) is 6.07 Å². The van der Waals surface area contributed by atoms with Gasteiger partial charge in [0.2, 0.25) is 0 Å². The molecule has 5 nitrogen and oxygen atoms in total. The Hall–Kier alpha value is -1.40. The van der Waals surface area contributed by atoms with Crippen molar-refractivity contribution in [1.29, 1.82) is 0 Å². The Balaban J connectivity index is 2.61. The molecule has 3 N–H and O–H groups in total. The normalized spacial score (nSPS) is 11.8. The first-order chi connectivity index (χ1) is 8.40. The van der Waals surface area contributed by atoms with Crippen LogP contribution in [-0.2, 0) is 9.59 Å². The molecule has 6 heteroatoms. The first-order valence-corrected chi connectivity index (χ1v) is 6.23. The lowest BCUT2D eigenvalue weighted by Gasteiger charge is -2.09. The molecule has 2 amide bonds. The highest BCUT2D eigenvalue weighted by Crippen LogP contribution is 2.23. The minimum absolute atomic E-state index is 0.0430. The van der Waals surface area contributed by atoms with E-state index >= 15 is 0 Å². The molecule has 0 radical (unpaired) electrons. The van der Waals surface area contributed by atoms with Crippen molar-refractivity contribution < 1.29 is 14.7 Å². The minimum atomic E-state index is -0.775. The molecule has 1 aromatic rings. The number of anilines is 1. The smallest absolute Gasteiger partial charge is 0.313 e. The fourth-order valence-corrected chi connectivity index (χ4v) is 1.81. The van der Waals surface area contributed by atoms with E-state index < -0.39 is 17.9 Å². The third-order valence-electron chi connectivity index (χ3n) is 2.14. The third kappa shape index (κ3) is 4.46. The Morgan fingerprint density at radius 3 is 2.61 bits per heavy atom. The summed E-state index contributed by atoms with van der Waals surface area (Å²) in [5.41, 5.74) is 1.57. The monoisotopic (exact) mass is 314 g/mol. The predicted octanol–water partition coefficient (Wildman–Crippen LogP) is 1.19. The van der Waals surface area contributed by atoms with Gasteiger partial charge in [-0.3, -0.25) is 9.59 Å². The highest BCUT2D eigenvalue weighted by atomic mass is 79.9. The average molecular weight is 315 g/mol. The van der Waals surface area contributed by atoms with E-state index in [4.69, 9.17) is 5.11 Å². The second kappa shape index (κ2) is 6.51. The van der Waals surface area contributed by atoms with Crippen LogP contribution in [0.25, 0.3) is 0 Å². The van der Waals surface area contributed by atoms with E-state index in [2.05, 4.69) is 26.6 Å². The van der Waals surface area contributed by atoms with E-state index in [1.54, 1.807) is 6.07 Å². The summed E-state index contributed by atoms with van der Waals surface area (Å²) >= 11 is 3.30. The third-order valence-corrected chi connectivity index (χ3v) is 2.79. The van der Waals surface area contributed by atoms with E-state index in [1.165, 1.54) is 6.92 Å². The molecule has 0 aliphatic rings. The highest BCUT2D eigenvalue weighted by molar-refractivity contribution is 9.10. The van der Waals surface area contributed by atoms with Crippen molar-refractivity contribution in [2.75, 3.05) is 11.9 Å². The number of amides is 2. The summed E-state index contributed by atoms with van der Waals surface area (Å²) in [4.78, 5) is 22.9. The number of hydrogen-bond acceptors (Lipinski definition) is 3. The molecule has 18 heavy (non-hydrogen) atoms. The van der Waals surface area contributed by atoms with Gasteiger partial charge in [0.15, 0.2) is 0 Å². The fraction of sp³-hybridized carbons (Fsp3) is 0.333. The van der Waals surface area contributed by atoms with Gasteiger partial charge in [-0.25, -0.2) is 0 Å². The maximum Gasteiger partial charge on any atom is 0.313 e. The van der Waals surface area contributed by atoms with Crippen molar-refractivity contribution in [2.45, 2.75) is 20.0 Å². The molecule has 0 aliphatic heterocycles. The van der Waals surface area contributed by atoms with Gasteiger partial charge in [0.25, 0.3) is 0 Å². The number of nitrogens with one attached hydrogen (secondary N) is 2. The van der Waals surface area contributed by atoms with E-state index in [-0.39, 0.29) is 6.54 Å². The van der Waals surface area contributed by atoms with Gasteiger partial charge in [-0.05, 0) is 47.5 Å². The van der Waals surface area contributed by atoms with E-state index in [1.807, 2.05) is 19.1 Å². The van der Waals surface area contributed by atoms with E-state index in [0.29, 0.717) is 10.2 Å². The number of aliphatic hydroxyl groups excluding tert-OH is 1. The predicted molar refractivity (Wildman–Crippen MR) is 72.2 cm³/mol. The second-order valence-electron chi connectivity index (χ2n) is 4.00. The topological polar surface area (TPSA) is 78.4 Å². The van der Waals surface area contributed by atoms with E-state index in [9.17, 15) is 9.59 Å². The molecule has 0 heterocycles. The van der Waals surface area contributed by atoms with Crippen LogP contribution in [0.3, 0.4) is 0 Å². The molecule has 0 saturated heterocycles. The zero-order chi connectivity index (χ0) is 13.7. The summed E-state index contributed by atoms with van der Waals surface area (Å²) in [7, 11) is 0. The quantitative estimate of drug-likeness (QED) is 0.733. The zero-order valence-corrected chi connectivity index (χ0v) is 11.7. The fourth-order valence-electron chi connectivity index (χ4n) is 1.22. The SMILES string of the molecule is Cc1ccc(NC(=O)C(=O)NCC(C)O)c(Br)c1. The van der Waals surface area contributed by atoms with Crippen LogP contribution in [0.15, 0.2) is 22.7 Å². The van der Waals surface area contributed by atoms with Crippen molar-refractivity contribution in [3.05, 3.63) is 28.2 Å². The maximum atomic E-state index is 11.5. The molecule has 0 fully saturated rings. The summed E-state index contributed by atoms with van der Waals surface area (Å²) in [6.07, 6.45) is -0.687. The first-order valence-electron chi connectivity index (χ1n) is 5.43. The van der Waals surface area contributed by atoms with E-state index in [0.717, 1.165) is 5.56 Å². The van der Waals surface area contributed by atoms with Crippen LogP contribution in [-0.4, -0.2) is 29.6 Å². The first kappa shape index (κ1) is 14.7. The molecule has 1 aromatic carbocycles. The van der Waals surface area contributed by atoms with Crippen molar-refractivity contribution in [3.8, 4) is 0 Å². The largest absolute Gasteiger partial charge is 0.392 e. The molecular formula is C12H15BrN2O3. The van der Waals surface area contributed by atoms with Crippen molar-refractivity contribution >= 4 is 33.4 Å². The Labute approximate surface area is 114 Å². The number of carbonyl (C=O) groups excluding carboxylic acids is 2. The molecule has 0 aliphatic carbocycles. The lowest BCUT2D eigenvalue weighted by atomic mass is 10.2. The van der Waals surface area contributed by atoms with Gasteiger partial charge in [0.05, 0.1) is 11.8 Å². The lowest BCUT2D eigenvalue weighted by molar-refractivity contribution is -0.136. The van der Waals surface area contributed by atoms with Crippen LogP contribution >= 0.6 is 15.9 Å². The van der Waals surface area contributed by atoms with Gasteiger partial charge in [-0.15, -0.1) is 0 Å². The average Bonchev–Trinajstić information content (AvgIpc) is 2.29. The Morgan fingerprint density at radius 1 is 1.39 bits per heavy atom. The summed E-state index contributed by atoms with van der Waals surface area (Å²) in [5, 5.41) is 13.8. The number of benzene rings is 1. The maximum absolute atomic E-state index is 11.5. The standard InChI is InChI=1S/C12H15BrN2O3/c1-7-3-4-10(9(13)5-7)15-12(18)11(17)14-6-8(2)16/h3-5,8,16H,6H2,1-2H3,(H,14,17)(H,15,18). The van der Waals surface area contributed by atoms with Crippen molar-refractivity contribution in [3.63, 3.8) is 0 Å². The molecule has 1 rings (SSSR count). The van der Waals surface area contributed by atoms with Gasteiger partial charge < -0.3 is 15.7 Å². The summed E-state index contributed by atoms with van der Waals surface area (Å²) in [6, 6.07) is 5.37. The number of rotatable bonds is 3. The molecule has 98 valence electrons. The number of aryl methyl sites for hydroxylation is 1. The molecule has 0 spiro atoms. The highest BCUT2D eigenvalue weighted by Gasteiger charge is 2.15. The lowest BCUT2D eigenvalue weighted by Crippen LogP contribution is -2.38. The van der Waals surface area contributed by atoms with Crippen LogP contribution in [0.1, 0.15) is 12.5 Å². The number of hydrogen-bond donors (Lipinski definition) is 3. The van der Waals surface area contributed by atoms with Gasteiger partial charge >= 0.3 is 11.8 Å². The minimum Gasteiger partial charge on any atom is -0.392 e. The number of halogens is 1. The van der Waals surface area contributed by atoms with Crippen LogP contribution in [0.2, 0.25) is 0 Å². The molecule has 0 aromatic heterocycles. The van der Waals surface area contributed by atoms with Gasteiger partial charge in [0.1, 0.15) is 0 Å². The molecule has 1 atom stereocenters. The van der Waals surface area contributed by atoms with Crippen LogP contribution in [0, 0.1) is 6.92 Å². The van der Waals surface area contributed by atoms with Crippen LogP contribution in [0.5, 0.6) is 0 Å². The number of carbonyl (C=O) groups is 2. The summed E-state index contributed by atoms with van der Waals surface area (Å²) in [6.45, 7) is 3.49. The molecular weight excluding hydrogens is 300 g/mol. The van der Waals surface area contributed by atoms with Crippen molar-refractivity contribution in [2.24, 2.45) is 0 Å². The Bertz CT molecular complexity index is 461. The molecule has 1 unspecified atom stereocenters. The van der Waals surface area contributed by atoms with Crippen LogP contribution < -0.4 is 10.6 Å². The second-order valence-corrected chi connectivity index (χ2v) is 4.85. The molecule has 0 bridgehead atoms. The van der Waals surface area contributed by atoms with Gasteiger partial charge in [-0.2, -0.15) is 0 Å². The Kier molecular flexibility index (Phi) is 5.30. The van der Waals surface area contributed by atoms with Gasteiger partial charge in [0, 0.05) is 11.0 Å². The summed E-state index contributed by atoms with van der Waals surface area (Å²) in [5.74, 6) is -1.54. The zero-order valence-electron chi connectivity index (χ0n) is 10.2.